The molecule has 2 aromatic heterocycles. The number of rotatable bonds is 4. The Hall–Kier alpha value is -2.32. The van der Waals surface area contributed by atoms with Crippen LogP contribution >= 0.6 is 11.3 Å². The number of aromatic nitrogens is 2. The molecule has 0 atom stereocenters. The van der Waals surface area contributed by atoms with Crippen molar-refractivity contribution in [3.63, 3.8) is 0 Å². The Morgan fingerprint density at radius 1 is 1.24 bits per heavy atom. The molecule has 3 aromatic rings. The van der Waals surface area contributed by atoms with E-state index in [1.807, 2.05) is 0 Å². The van der Waals surface area contributed by atoms with Gasteiger partial charge in [0.25, 0.3) is 5.56 Å². The number of halogens is 2. The van der Waals surface area contributed by atoms with Gasteiger partial charge in [0.05, 0.1) is 5.39 Å². The second-order valence-corrected chi connectivity index (χ2v) is 6.71. The fourth-order valence-electron chi connectivity index (χ4n) is 2.84. The summed E-state index contributed by atoms with van der Waals surface area (Å²) < 4.78 is 30.1. The molecule has 2 heterocycles. The van der Waals surface area contributed by atoms with Gasteiger partial charge in [-0.2, -0.15) is 0 Å². The van der Waals surface area contributed by atoms with E-state index in [1.54, 1.807) is 6.92 Å². The Balaban J connectivity index is 2.36. The lowest BCUT2D eigenvalue weighted by Gasteiger charge is -2.07. The Morgan fingerprint density at radius 3 is 2.64 bits per heavy atom. The van der Waals surface area contributed by atoms with Crippen molar-refractivity contribution in [3.05, 3.63) is 56.2 Å². The van der Waals surface area contributed by atoms with Gasteiger partial charge in [-0.1, -0.05) is 12.1 Å². The van der Waals surface area contributed by atoms with Gasteiger partial charge in [0.15, 0.2) is 11.6 Å². The minimum absolute atomic E-state index is 0.0625. The highest BCUT2D eigenvalue weighted by Gasteiger charge is 2.21. The normalized spacial score (nSPS) is 11.4. The van der Waals surface area contributed by atoms with E-state index in [0.29, 0.717) is 20.7 Å². The van der Waals surface area contributed by atoms with E-state index in [2.05, 4.69) is 0 Å². The third-order valence-corrected chi connectivity index (χ3v) is 5.55. The second kappa shape index (κ2) is 6.53. The summed E-state index contributed by atoms with van der Waals surface area (Å²) in [6.45, 7) is 1.60. The van der Waals surface area contributed by atoms with Crippen LogP contribution in [0, 0.1) is 18.6 Å². The van der Waals surface area contributed by atoms with Crippen LogP contribution in [0.5, 0.6) is 0 Å². The van der Waals surface area contributed by atoms with Gasteiger partial charge in [0, 0.05) is 30.6 Å². The van der Waals surface area contributed by atoms with Crippen molar-refractivity contribution >= 4 is 21.6 Å². The van der Waals surface area contributed by atoms with Crippen molar-refractivity contribution in [2.24, 2.45) is 7.05 Å². The number of hydrogen-bond donors (Lipinski definition) is 1. The van der Waals surface area contributed by atoms with E-state index in [9.17, 15) is 18.4 Å². The standard InChI is InChI=1S/C17H16F2N2O3S/c1-9-12-15(23)21(7-4-8-22)17(24)20(2)16(12)25-14(9)10-5-3-6-11(18)13(10)19/h3,5-6,22H,4,7-8H2,1-2H3. The summed E-state index contributed by atoms with van der Waals surface area (Å²) in [7, 11) is 1.53. The summed E-state index contributed by atoms with van der Waals surface area (Å²) in [5, 5.41) is 9.27. The summed E-state index contributed by atoms with van der Waals surface area (Å²) in [5.74, 6) is -1.95. The van der Waals surface area contributed by atoms with Crippen LogP contribution in [0.15, 0.2) is 27.8 Å². The highest BCUT2D eigenvalue weighted by atomic mass is 32.1. The van der Waals surface area contributed by atoms with E-state index in [0.717, 1.165) is 22.0 Å². The summed E-state index contributed by atoms with van der Waals surface area (Å²) in [5.41, 5.74) is -0.419. The van der Waals surface area contributed by atoms with Crippen LogP contribution in [-0.2, 0) is 13.6 Å². The number of benzene rings is 1. The molecular weight excluding hydrogens is 350 g/mol. The number of aliphatic hydroxyl groups excluding tert-OH is 1. The third-order valence-electron chi connectivity index (χ3n) is 4.15. The zero-order chi connectivity index (χ0) is 18.3. The van der Waals surface area contributed by atoms with Crippen molar-refractivity contribution in [1.82, 2.24) is 9.13 Å². The van der Waals surface area contributed by atoms with Gasteiger partial charge >= 0.3 is 5.69 Å². The average Bonchev–Trinajstić information content (AvgIpc) is 2.93. The van der Waals surface area contributed by atoms with Gasteiger partial charge in [-0.3, -0.25) is 13.9 Å². The highest BCUT2D eigenvalue weighted by Crippen LogP contribution is 2.37. The molecule has 1 N–H and O–H groups in total. The molecule has 5 nitrogen and oxygen atoms in total. The van der Waals surface area contributed by atoms with Crippen molar-refractivity contribution in [1.29, 1.82) is 0 Å². The van der Waals surface area contributed by atoms with Gasteiger partial charge in [0.2, 0.25) is 0 Å². The van der Waals surface area contributed by atoms with Gasteiger partial charge in [0.1, 0.15) is 4.83 Å². The van der Waals surface area contributed by atoms with Crippen molar-refractivity contribution in [2.45, 2.75) is 19.9 Å². The van der Waals surface area contributed by atoms with Crippen molar-refractivity contribution in [2.75, 3.05) is 6.61 Å². The first-order valence-electron chi connectivity index (χ1n) is 7.66. The molecule has 0 saturated heterocycles. The average molecular weight is 366 g/mol. The van der Waals surface area contributed by atoms with Gasteiger partial charge in [-0.15, -0.1) is 11.3 Å². The quantitative estimate of drug-likeness (QED) is 0.771. The molecule has 0 bridgehead atoms. The Kier molecular flexibility index (Phi) is 4.57. The first-order chi connectivity index (χ1) is 11.9. The second-order valence-electron chi connectivity index (χ2n) is 5.71. The number of fused-ring (bicyclic) bond motifs is 1. The lowest BCUT2D eigenvalue weighted by Crippen LogP contribution is -2.39. The molecule has 0 fully saturated rings. The zero-order valence-electron chi connectivity index (χ0n) is 13.7. The number of aryl methyl sites for hydroxylation is 2. The molecule has 3 rings (SSSR count). The maximum absolute atomic E-state index is 14.2. The summed E-state index contributed by atoms with van der Waals surface area (Å²) in [6.07, 6.45) is 0.273. The minimum atomic E-state index is -0.984. The number of aliphatic hydroxyl groups is 1. The van der Waals surface area contributed by atoms with Crippen LogP contribution in [0.4, 0.5) is 8.78 Å². The molecule has 0 radical (unpaired) electrons. The topological polar surface area (TPSA) is 64.2 Å². The molecule has 25 heavy (non-hydrogen) atoms. The number of hydrogen-bond acceptors (Lipinski definition) is 4. The first kappa shape index (κ1) is 17.5. The summed E-state index contributed by atoms with van der Waals surface area (Å²) >= 11 is 1.08. The lowest BCUT2D eigenvalue weighted by molar-refractivity contribution is 0.277. The largest absolute Gasteiger partial charge is 0.396 e. The lowest BCUT2D eigenvalue weighted by atomic mass is 10.1. The number of thiophene rings is 1. The van der Waals surface area contributed by atoms with E-state index in [1.165, 1.54) is 23.7 Å². The maximum Gasteiger partial charge on any atom is 0.331 e. The van der Waals surface area contributed by atoms with Crippen LogP contribution in [0.2, 0.25) is 0 Å². The smallest absolute Gasteiger partial charge is 0.331 e. The predicted octanol–water partition coefficient (Wildman–Crippen LogP) is 2.40. The summed E-state index contributed by atoms with van der Waals surface area (Å²) in [6, 6.07) is 3.87. The molecule has 0 aliphatic carbocycles. The highest BCUT2D eigenvalue weighted by molar-refractivity contribution is 7.22. The molecule has 1 aromatic carbocycles. The molecule has 0 unspecified atom stereocenters. The van der Waals surface area contributed by atoms with Crippen LogP contribution in [0.1, 0.15) is 12.0 Å². The van der Waals surface area contributed by atoms with E-state index >= 15 is 0 Å². The van der Waals surface area contributed by atoms with Gasteiger partial charge < -0.3 is 5.11 Å². The Bertz CT molecular complexity index is 1080. The fourth-order valence-corrected chi connectivity index (χ4v) is 4.11. The van der Waals surface area contributed by atoms with Crippen LogP contribution in [-0.4, -0.2) is 20.8 Å². The molecule has 0 amide bonds. The van der Waals surface area contributed by atoms with E-state index in [4.69, 9.17) is 5.11 Å². The summed E-state index contributed by atoms with van der Waals surface area (Å²) in [4.78, 5) is 26.0. The first-order valence-corrected chi connectivity index (χ1v) is 8.48. The van der Waals surface area contributed by atoms with Gasteiger partial charge in [-0.05, 0) is 25.0 Å². The van der Waals surface area contributed by atoms with Crippen molar-refractivity contribution < 1.29 is 13.9 Å². The Labute approximate surface area is 145 Å². The Morgan fingerprint density at radius 2 is 1.96 bits per heavy atom. The van der Waals surface area contributed by atoms with Crippen LogP contribution < -0.4 is 11.2 Å². The van der Waals surface area contributed by atoms with Crippen LogP contribution in [0.3, 0.4) is 0 Å². The van der Waals surface area contributed by atoms with Crippen molar-refractivity contribution in [3.8, 4) is 10.4 Å². The molecule has 0 aliphatic heterocycles. The number of nitrogens with zero attached hydrogens (tertiary/aromatic N) is 2. The van der Waals surface area contributed by atoms with E-state index < -0.39 is 22.9 Å². The molecule has 0 aliphatic rings. The van der Waals surface area contributed by atoms with Crippen LogP contribution in [0.25, 0.3) is 20.7 Å². The predicted molar refractivity (Wildman–Crippen MR) is 93.1 cm³/mol. The molecular formula is C17H16F2N2O3S. The van der Waals surface area contributed by atoms with E-state index in [-0.39, 0.29) is 25.1 Å². The zero-order valence-corrected chi connectivity index (χ0v) is 14.5. The fraction of sp³-hybridized carbons (Fsp3) is 0.294. The maximum atomic E-state index is 14.2. The molecule has 132 valence electrons. The monoisotopic (exact) mass is 366 g/mol. The molecule has 0 saturated carbocycles. The third kappa shape index (κ3) is 2.71. The molecule has 0 spiro atoms. The minimum Gasteiger partial charge on any atom is -0.396 e. The SMILES string of the molecule is Cc1c(-c2cccc(F)c2F)sc2c1c(=O)n(CCCO)c(=O)n2C. The van der Waals surface area contributed by atoms with Gasteiger partial charge in [-0.25, -0.2) is 13.6 Å². The molecule has 8 heteroatoms.